The number of hydrogen-bond acceptors (Lipinski definition) is 3. The molecule has 1 N–H and O–H groups in total. The monoisotopic (exact) mass is 380 g/mol. The van der Waals surface area contributed by atoms with Gasteiger partial charge >= 0.3 is 0 Å². The zero-order valence-corrected chi connectivity index (χ0v) is 16.1. The highest BCUT2D eigenvalue weighted by Crippen LogP contribution is 2.25. The lowest BCUT2D eigenvalue weighted by Gasteiger charge is -2.11. The molecule has 0 aliphatic heterocycles. The first-order chi connectivity index (χ1) is 14.2. The summed E-state index contributed by atoms with van der Waals surface area (Å²) >= 11 is 0. The van der Waals surface area contributed by atoms with Crippen molar-refractivity contribution in [1.82, 2.24) is 14.9 Å². The second kappa shape index (κ2) is 7.99. The van der Waals surface area contributed by atoms with E-state index in [9.17, 15) is 4.79 Å². The van der Waals surface area contributed by atoms with Crippen LogP contribution in [0, 0.1) is 18.3 Å². The summed E-state index contributed by atoms with van der Waals surface area (Å²) in [4.78, 5) is 17.2. The minimum Gasteiger partial charge on any atom is -0.350 e. The van der Waals surface area contributed by atoms with E-state index in [2.05, 4.69) is 47.1 Å². The summed E-state index contributed by atoms with van der Waals surface area (Å²) in [6, 6.07) is 25.0. The van der Waals surface area contributed by atoms with E-state index in [0.29, 0.717) is 24.2 Å². The topological polar surface area (TPSA) is 70.7 Å². The number of rotatable bonds is 5. The van der Waals surface area contributed by atoms with E-state index in [1.54, 1.807) is 24.3 Å². The van der Waals surface area contributed by atoms with Crippen LogP contribution in [0.3, 0.4) is 0 Å². The van der Waals surface area contributed by atoms with Crippen molar-refractivity contribution in [2.75, 3.05) is 6.54 Å². The van der Waals surface area contributed by atoms with Gasteiger partial charge in [-0.2, -0.15) is 5.26 Å². The number of amides is 1. The highest BCUT2D eigenvalue weighted by atomic mass is 16.1. The van der Waals surface area contributed by atoms with E-state index in [0.717, 1.165) is 22.4 Å². The largest absolute Gasteiger partial charge is 0.350 e. The minimum atomic E-state index is -0.157. The lowest BCUT2D eigenvalue weighted by atomic mass is 10.1. The molecule has 142 valence electrons. The van der Waals surface area contributed by atoms with Gasteiger partial charge in [0.25, 0.3) is 5.91 Å². The molecule has 1 heterocycles. The lowest BCUT2D eigenvalue weighted by Crippen LogP contribution is -2.27. The van der Waals surface area contributed by atoms with Crippen LogP contribution in [-0.4, -0.2) is 22.0 Å². The molecule has 0 saturated heterocycles. The minimum absolute atomic E-state index is 0.157. The second-order valence-electron chi connectivity index (χ2n) is 6.89. The van der Waals surface area contributed by atoms with E-state index in [-0.39, 0.29) is 5.91 Å². The molecule has 0 fully saturated rings. The fraction of sp³-hybridized carbons (Fsp3) is 0.125. The van der Waals surface area contributed by atoms with Gasteiger partial charge in [-0.05, 0) is 43.3 Å². The van der Waals surface area contributed by atoms with Crippen LogP contribution in [0.2, 0.25) is 0 Å². The number of fused-ring (bicyclic) bond motifs is 1. The Kier molecular flexibility index (Phi) is 5.08. The predicted molar refractivity (Wildman–Crippen MR) is 113 cm³/mol. The average Bonchev–Trinajstić information content (AvgIpc) is 3.13. The number of carbonyl (C=O) groups is 1. The molecule has 5 nitrogen and oxygen atoms in total. The third-order valence-electron chi connectivity index (χ3n) is 4.86. The van der Waals surface area contributed by atoms with Crippen LogP contribution < -0.4 is 5.32 Å². The number of aromatic nitrogens is 2. The molecule has 0 unspecified atom stereocenters. The highest BCUT2D eigenvalue weighted by Gasteiger charge is 2.13. The normalized spacial score (nSPS) is 10.6. The summed E-state index contributed by atoms with van der Waals surface area (Å²) in [6.45, 7) is 3.13. The van der Waals surface area contributed by atoms with Gasteiger partial charge < -0.3 is 9.88 Å². The molecule has 5 heteroatoms. The summed E-state index contributed by atoms with van der Waals surface area (Å²) < 4.78 is 2.14. The van der Waals surface area contributed by atoms with Crippen LogP contribution in [-0.2, 0) is 6.54 Å². The lowest BCUT2D eigenvalue weighted by molar-refractivity contribution is 0.0952. The fourth-order valence-corrected chi connectivity index (χ4v) is 3.30. The summed E-state index contributed by atoms with van der Waals surface area (Å²) in [5, 5.41) is 11.8. The number of hydrogen-bond donors (Lipinski definition) is 1. The van der Waals surface area contributed by atoms with Crippen LogP contribution in [0.15, 0.2) is 72.8 Å². The maximum Gasteiger partial charge on any atom is 0.251 e. The SMILES string of the molecule is Cc1ccc(-c2nc3ccccc3n2CCNC(=O)c2ccc(C#N)cc2)cc1. The molecule has 0 spiro atoms. The number of para-hydroxylation sites is 2. The predicted octanol–water partition coefficient (Wildman–Crippen LogP) is 4.31. The Hall–Kier alpha value is -3.91. The maximum atomic E-state index is 12.4. The first-order valence-corrected chi connectivity index (χ1v) is 9.46. The summed E-state index contributed by atoms with van der Waals surface area (Å²) in [5.41, 5.74) is 5.29. The van der Waals surface area contributed by atoms with Gasteiger partial charge in [-0.25, -0.2) is 4.98 Å². The van der Waals surface area contributed by atoms with Crippen molar-refractivity contribution >= 4 is 16.9 Å². The van der Waals surface area contributed by atoms with Gasteiger partial charge in [-0.1, -0.05) is 42.0 Å². The molecule has 29 heavy (non-hydrogen) atoms. The Balaban J connectivity index is 1.55. The third kappa shape index (κ3) is 3.87. The average molecular weight is 380 g/mol. The van der Waals surface area contributed by atoms with Gasteiger partial charge in [-0.3, -0.25) is 4.79 Å². The van der Waals surface area contributed by atoms with Gasteiger partial charge in [-0.15, -0.1) is 0 Å². The molecule has 0 aliphatic carbocycles. The Morgan fingerprint density at radius 1 is 1.03 bits per heavy atom. The van der Waals surface area contributed by atoms with Crippen molar-refractivity contribution in [2.45, 2.75) is 13.5 Å². The maximum absolute atomic E-state index is 12.4. The zero-order valence-electron chi connectivity index (χ0n) is 16.1. The third-order valence-corrected chi connectivity index (χ3v) is 4.86. The Morgan fingerprint density at radius 3 is 2.48 bits per heavy atom. The summed E-state index contributed by atoms with van der Waals surface area (Å²) in [5.74, 6) is 0.731. The molecule has 0 aliphatic rings. The molecule has 1 amide bonds. The first-order valence-electron chi connectivity index (χ1n) is 9.46. The smallest absolute Gasteiger partial charge is 0.251 e. The fourth-order valence-electron chi connectivity index (χ4n) is 3.30. The van der Waals surface area contributed by atoms with Crippen molar-refractivity contribution in [3.8, 4) is 17.5 Å². The number of carbonyl (C=O) groups excluding carboxylic acids is 1. The molecule has 0 bridgehead atoms. The molecule has 0 saturated carbocycles. The molecule has 4 aromatic rings. The van der Waals surface area contributed by atoms with Crippen molar-refractivity contribution in [3.63, 3.8) is 0 Å². The van der Waals surface area contributed by atoms with Crippen molar-refractivity contribution in [1.29, 1.82) is 5.26 Å². The number of aryl methyl sites for hydroxylation is 1. The Labute approximate surface area is 169 Å². The molecule has 1 aromatic heterocycles. The van der Waals surface area contributed by atoms with Crippen molar-refractivity contribution in [2.24, 2.45) is 0 Å². The van der Waals surface area contributed by atoms with Crippen LogP contribution in [0.1, 0.15) is 21.5 Å². The van der Waals surface area contributed by atoms with E-state index >= 15 is 0 Å². The summed E-state index contributed by atoms with van der Waals surface area (Å²) in [6.07, 6.45) is 0. The number of nitrogens with zero attached hydrogens (tertiary/aromatic N) is 3. The van der Waals surface area contributed by atoms with Gasteiger partial charge in [0.2, 0.25) is 0 Å². The first kappa shape index (κ1) is 18.5. The van der Waals surface area contributed by atoms with Crippen LogP contribution in [0.5, 0.6) is 0 Å². The van der Waals surface area contributed by atoms with Gasteiger partial charge in [0.15, 0.2) is 0 Å². The second-order valence-corrected chi connectivity index (χ2v) is 6.89. The Morgan fingerprint density at radius 2 is 1.76 bits per heavy atom. The van der Waals surface area contributed by atoms with Crippen LogP contribution >= 0.6 is 0 Å². The van der Waals surface area contributed by atoms with Gasteiger partial charge in [0.05, 0.1) is 22.7 Å². The zero-order chi connectivity index (χ0) is 20.2. The Bertz CT molecular complexity index is 1200. The number of nitriles is 1. The molecule has 0 atom stereocenters. The van der Waals surface area contributed by atoms with E-state index in [4.69, 9.17) is 10.2 Å². The molecular formula is C24H20N4O. The van der Waals surface area contributed by atoms with Crippen molar-refractivity contribution < 1.29 is 4.79 Å². The van der Waals surface area contributed by atoms with Gasteiger partial charge in [0, 0.05) is 24.2 Å². The highest BCUT2D eigenvalue weighted by molar-refractivity contribution is 5.94. The van der Waals surface area contributed by atoms with Crippen LogP contribution in [0.25, 0.3) is 22.4 Å². The van der Waals surface area contributed by atoms with Gasteiger partial charge in [0.1, 0.15) is 5.82 Å². The number of nitrogens with one attached hydrogen (secondary N) is 1. The molecule has 0 radical (unpaired) electrons. The van der Waals surface area contributed by atoms with E-state index < -0.39 is 0 Å². The molecular weight excluding hydrogens is 360 g/mol. The van der Waals surface area contributed by atoms with E-state index in [1.807, 2.05) is 24.3 Å². The molecule has 3 aromatic carbocycles. The summed E-state index contributed by atoms with van der Waals surface area (Å²) in [7, 11) is 0. The van der Waals surface area contributed by atoms with Crippen LogP contribution in [0.4, 0.5) is 0 Å². The molecule has 4 rings (SSSR count). The number of benzene rings is 3. The quantitative estimate of drug-likeness (QED) is 0.561. The van der Waals surface area contributed by atoms with E-state index in [1.165, 1.54) is 5.56 Å². The standard InChI is InChI=1S/C24H20N4O/c1-17-6-10-19(11-7-17)23-27-21-4-2-3-5-22(21)28(23)15-14-26-24(29)20-12-8-18(16-25)9-13-20/h2-13H,14-15H2,1H3,(H,26,29). The van der Waals surface area contributed by atoms with Crippen molar-refractivity contribution in [3.05, 3.63) is 89.5 Å². The number of imidazole rings is 1.